The molecule has 2 aliphatic rings. The van der Waals surface area contributed by atoms with Gasteiger partial charge in [-0.15, -0.1) is 0 Å². The van der Waals surface area contributed by atoms with Gasteiger partial charge in [-0.25, -0.2) is 0 Å². The Kier molecular flexibility index (Phi) is 4.73. The molecule has 1 saturated carbocycles. The first-order valence-corrected chi connectivity index (χ1v) is 8.08. The normalized spacial score (nSPS) is 27.0. The van der Waals surface area contributed by atoms with Gasteiger partial charge in [0, 0.05) is 18.1 Å². The lowest BCUT2D eigenvalue weighted by Crippen LogP contribution is -2.60. The van der Waals surface area contributed by atoms with Crippen molar-refractivity contribution in [2.24, 2.45) is 5.73 Å². The van der Waals surface area contributed by atoms with Crippen molar-refractivity contribution in [1.82, 2.24) is 4.90 Å². The van der Waals surface area contributed by atoms with Gasteiger partial charge in [-0.3, -0.25) is 9.59 Å². The summed E-state index contributed by atoms with van der Waals surface area (Å²) in [6.07, 6.45) is 4.61. The number of carboxylic acid groups (broad SMARTS) is 1. The third-order valence-corrected chi connectivity index (χ3v) is 5.16. The van der Waals surface area contributed by atoms with Crippen LogP contribution >= 0.6 is 11.8 Å². The van der Waals surface area contributed by atoms with Gasteiger partial charge >= 0.3 is 5.97 Å². The quantitative estimate of drug-likeness (QED) is 0.810. The van der Waals surface area contributed by atoms with Crippen LogP contribution in [-0.2, 0) is 9.59 Å². The molecule has 108 valence electrons. The van der Waals surface area contributed by atoms with Crippen molar-refractivity contribution in [3.63, 3.8) is 0 Å². The van der Waals surface area contributed by atoms with Crippen molar-refractivity contribution in [2.75, 3.05) is 18.1 Å². The average Bonchev–Trinajstić information content (AvgIpc) is 2.39. The van der Waals surface area contributed by atoms with E-state index in [9.17, 15) is 9.59 Å². The number of aliphatic carboxylic acids is 1. The monoisotopic (exact) mass is 286 g/mol. The summed E-state index contributed by atoms with van der Waals surface area (Å²) >= 11 is 1.71. The van der Waals surface area contributed by atoms with Crippen molar-refractivity contribution in [1.29, 1.82) is 0 Å². The number of rotatable bonds is 3. The van der Waals surface area contributed by atoms with E-state index in [1.54, 1.807) is 16.7 Å². The summed E-state index contributed by atoms with van der Waals surface area (Å²) in [6.45, 7) is 0.625. The number of amides is 1. The van der Waals surface area contributed by atoms with Gasteiger partial charge in [0.15, 0.2) is 0 Å². The van der Waals surface area contributed by atoms with Crippen LogP contribution in [0.5, 0.6) is 0 Å². The molecule has 3 N–H and O–H groups in total. The topological polar surface area (TPSA) is 83.6 Å². The van der Waals surface area contributed by atoms with Crippen LogP contribution in [-0.4, -0.2) is 51.5 Å². The number of carboxylic acids is 1. The zero-order chi connectivity index (χ0) is 13.9. The van der Waals surface area contributed by atoms with Gasteiger partial charge in [0.1, 0.15) is 0 Å². The number of thioether (sulfide) groups is 1. The summed E-state index contributed by atoms with van der Waals surface area (Å²) in [4.78, 5) is 25.3. The minimum absolute atomic E-state index is 0.0226. The Labute approximate surface area is 117 Å². The van der Waals surface area contributed by atoms with E-state index in [-0.39, 0.29) is 18.4 Å². The van der Waals surface area contributed by atoms with Gasteiger partial charge in [-0.2, -0.15) is 11.8 Å². The predicted molar refractivity (Wildman–Crippen MR) is 75.1 cm³/mol. The Hall–Kier alpha value is -0.750. The first kappa shape index (κ1) is 14.7. The Balaban J connectivity index is 2.08. The van der Waals surface area contributed by atoms with E-state index in [0.717, 1.165) is 37.9 Å². The molecular formula is C13H22N2O3S. The molecule has 19 heavy (non-hydrogen) atoms. The molecule has 2 rings (SSSR count). The average molecular weight is 286 g/mol. The fourth-order valence-electron chi connectivity index (χ4n) is 2.98. The minimum atomic E-state index is -0.847. The molecule has 1 atom stereocenters. The molecule has 0 aromatic carbocycles. The number of nitrogens with two attached hydrogens (primary N) is 1. The third-order valence-electron chi connectivity index (χ3n) is 4.07. The number of hydrogen-bond donors (Lipinski definition) is 2. The highest BCUT2D eigenvalue weighted by Crippen LogP contribution is 2.30. The molecule has 0 aromatic heterocycles. The van der Waals surface area contributed by atoms with Gasteiger partial charge in [0.25, 0.3) is 0 Å². The van der Waals surface area contributed by atoms with Gasteiger partial charge in [0.05, 0.1) is 18.0 Å². The van der Waals surface area contributed by atoms with Crippen molar-refractivity contribution < 1.29 is 14.7 Å². The molecule has 6 heteroatoms. The SMILES string of the molecule is NC1(C(=O)N2CCSCC2CC(=O)O)CCCCC1. The van der Waals surface area contributed by atoms with E-state index < -0.39 is 11.5 Å². The molecule has 0 spiro atoms. The van der Waals surface area contributed by atoms with E-state index in [2.05, 4.69) is 0 Å². The maximum absolute atomic E-state index is 12.7. The maximum Gasteiger partial charge on any atom is 0.305 e. The molecule has 1 aliphatic carbocycles. The highest BCUT2D eigenvalue weighted by Gasteiger charge is 2.41. The molecule has 1 saturated heterocycles. The Morgan fingerprint density at radius 3 is 2.63 bits per heavy atom. The van der Waals surface area contributed by atoms with Crippen LogP contribution in [0.1, 0.15) is 38.5 Å². The lowest BCUT2D eigenvalue weighted by Gasteiger charge is -2.42. The Morgan fingerprint density at radius 1 is 1.32 bits per heavy atom. The fourth-order valence-corrected chi connectivity index (χ4v) is 4.04. The molecule has 1 aliphatic heterocycles. The summed E-state index contributed by atoms with van der Waals surface area (Å²) in [5, 5.41) is 8.96. The lowest BCUT2D eigenvalue weighted by atomic mass is 9.81. The maximum atomic E-state index is 12.7. The second-order valence-corrected chi connectivity index (χ2v) is 6.69. The molecule has 0 radical (unpaired) electrons. The van der Waals surface area contributed by atoms with Gasteiger partial charge in [0.2, 0.25) is 5.91 Å². The van der Waals surface area contributed by atoms with Crippen LogP contribution in [0.25, 0.3) is 0 Å². The first-order chi connectivity index (χ1) is 9.03. The predicted octanol–water partition coefficient (Wildman–Crippen LogP) is 1.07. The van der Waals surface area contributed by atoms with Crippen LogP contribution in [0.3, 0.4) is 0 Å². The van der Waals surface area contributed by atoms with Crippen molar-refractivity contribution in [3.8, 4) is 0 Å². The number of carbonyl (C=O) groups is 2. The van der Waals surface area contributed by atoms with Gasteiger partial charge in [-0.05, 0) is 12.8 Å². The second kappa shape index (κ2) is 6.13. The van der Waals surface area contributed by atoms with E-state index >= 15 is 0 Å². The molecule has 1 heterocycles. The van der Waals surface area contributed by atoms with Crippen LogP contribution in [0, 0.1) is 0 Å². The van der Waals surface area contributed by atoms with Crippen LogP contribution in [0.4, 0.5) is 0 Å². The van der Waals surface area contributed by atoms with E-state index in [1.807, 2.05) is 0 Å². The zero-order valence-corrected chi connectivity index (χ0v) is 12.0. The van der Waals surface area contributed by atoms with Crippen LogP contribution in [0.15, 0.2) is 0 Å². The first-order valence-electron chi connectivity index (χ1n) is 6.92. The molecule has 1 unspecified atom stereocenters. The highest BCUT2D eigenvalue weighted by atomic mass is 32.2. The van der Waals surface area contributed by atoms with E-state index in [1.165, 1.54) is 0 Å². The summed E-state index contributed by atoms with van der Waals surface area (Å²) in [5.74, 6) is 0.699. The van der Waals surface area contributed by atoms with Gasteiger partial charge in [-0.1, -0.05) is 19.3 Å². The summed E-state index contributed by atoms with van der Waals surface area (Å²) in [6, 6.07) is -0.203. The van der Waals surface area contributed by atoms with Crippen molar-refractivity contribution in [2.45, 2.75) is 50.1 Å². The Bertz CT molecular complexity index is 356. The second-order valence-electron chi connectivity index (χ2n) is 5.54. The summed E-state index contributed by atoms with van der Waals surface area (Å²) in [7, 11) is 0. The minimum Gasteiger partial charge on any atom is -0.481 e. The van der Waals surface area contributed by atoms with E-state index in [0.29, 0.717) is 12.3 Å². The molecule has 1 amide bonds. The number of nitrogens with zero attached hydrogens (tertiary/aromatic N) is 1. The third kappa shape index (κ3) is 3.42. The zero-order valence-electron chi connectivity index (χ0n) is 11.1. The molecule has 2 fully saturated rings. The largest absolute Gasteiger partial charge is 0.481 e. The van der Waals surface area contributed by atoms with Crippen molar-refractivity contribution in [3.05, 3.63) is 0 Å². The molecule has 0 bridgehead atoms. The van der Waals surface area contributed by atoms with Crippen LogP contribution < -0.4 is 5.73 Å². The highest BCUT2D eigenvalue weighted by molar-refractivity contribution is 7.99. The van der Waals surface area contributed by atoms with E-state index in [4.69, 9.17) is 10.8 Å². The molecule has 5 nitrogen and oxygen atoms in total. The smallest absolute Gasteiger partial charge is 0.305 e. The number of carbonyl (C=O) groups excluding carboxylic acids is 1. The molecule has 0 aromatic rings. The lowest BCUT2D eigenvalue weighted by molar-refractivity contribution is -0.143. The Morgan fingerprint density at radius 2 is 2.00 bits per heavy atom. The van der Waals surface area contributed by atoms with Crippen LogP contribution in [0.2, 0.25) is 0 Å². The van der Waals surface area contributed by atoms with Crippen molar-refractivity contribution >= 4 is 23.6 Å². The molecular weight excluding hydrogens is 264 g/mol. The number of hydrogen-bond acceptors (Lipinski definition) is 4. The summed E-state index contributed by atoms with van der Waals surface area (Å²) in [5.41, 5.74) is 5.53. The standard InChI is InChI=1S/C13H22N2O3S/c14-13(4-2-1-3-5-13)12(18)15-6-7-19-9-10(15)8-11(16)17/h10H,1-9,14H2,(H,16,17). The summed E-state index contributed by atoms with van der Waals surface area (Å²) < 4.78 is 0. The van der Waals surface area contributed by atoms with Gasteiger partial charge < -0.3 is 15.7 Å². The fraction of sp³-hybridized carbons (Fsp3) is 0.846.